The number of nitrogens with zero attached hydrogens (tertiary/aromatic N) is 1. The molecule has 0 unspecified atom stereocenters. The summed E-state index contributed by atoms with van der Waals surface area (Å²) >= 11 is 6.20. The lowest BCUT2D eigenvalue weighted by Crippen LogP contribution is -2.53. The van der Waals surface area contributed by atoms with E-state index in [0.29, 0.717) is 41.6 Å². The molecule has 5 rings (SSSR count). The van der Waals surface area contributed by atoms with Gasteiger partial charge >= 0.3 is 0 Å². The standard InChI is InChI=1S/C25H26ClF2NO5/c1-31-21-9-17(5-6-20(21)32-14-16-11-24(27,28)12-16)23(30)29-8-7-25(22(13-29)33-15-34-25)18-3-2-4-19(26)10-18/h2-6,9-10,16,22H,7-8,11-15H2,1H3/t22-,25-/m1/s1. The fourth-order valence-electron chi connectivity index (χ4n) is 5.04. The van der Waals surface area contributed by atoms with E-state index in [1.165, 1.54) is 7.11 Å². The number of carbonyl (C=O) groups is 1. The molecule has 3 aliphatic rings. The van der Waals surface area contributed by atoms with Crippen molar-refractivity contribution in [3.05, 3.63) is 58.6 Å². The third-order valence-corrected chi connectivity index (χ3v) is 7.14. The SMILES string of the molecule is COc1cc(C(=O)N2CC[C@]3(c4cccc(Cl)c4)OCO[C@@H]3C2)ccc1OCC1CC(F)(F)C1. The normalized spacial score (nSPS) is 26.0. The minimum absolute atomic E-state index is 0.154. The zero-order chi connectivity index (χ0) is 23.9. The van der Waals surface area contributed by atoms with Crippen LogP contribution in [0.15, 0.2) is 42.5 Å². The van der Waals surface area contributed by atoms with E-state index in [-0.39, 0.29) is 44.2 Å². The van der Waals surface area contributed by atoms with Crippen LogP contribution in [-0.2, 0) is 15.1 Å². The highest BCUT2D eigenvalue weighted by atomic mass is 35.5. The van der Waals surface area contributed by atoms with Crippen LogP contribution < -0.4 is 9.47 Å². The van der Waals surface area contributed by atoms with Gasteiger partial charge in [-0.3, -0.25) is 4.79 Å². The maximum atomic E-state index is 13.3. The van der Waals surface area contributed by atoms with Crippen LogP contribution >= 0.6 is 11.6 Å². The summed E-state index contributed by atoms with van der Waals surface area (Å²) in [5.74, 6) is -2.09. The zero-order valence-corrected chi connectivity index (χ0v) is 19.5. The Morgan fingerprint density at radius 1 is 1.21 bits per heavy atom. The van der Waals surface area contributed by atoms with E-state index >= 15 is 0 Å². The summed E-state index contributed by atoms with van der Waals surface area (Å²) in [6.45, 7) is 1.21. The van der Waals surface area contributed by atoms with Gasteiger partial charge in [0.05, 0.1) is 20.3 Å². The van der Waals surface area contributed by atoms with Crippen molar-refractivity contribution in [3.63, 3.8) is 0 Å². The van der Waals surface area contributed by atoms with Crippen molar-refractivity contribution in [2.75, 3.05) is 33.6 Å². The second-order valence-electron chi connectivity index (χ2n) is 9.13. The fraction of sp³-hybridized carbons (Fsp3) is 0.480. The van der Waals surface area contributed by atoms with Gasteiger partial charge in [-0.05, 0) is 35.9 Å². The van der Waals surface area contributed by atoms with Gasteiger partial charge in [-0.2, -0.15) is 0 Å². The molecule has 3 fully saturated rings. The van der Waals surface area contributed by atoms with E-state index in [2.05, 4.69) is 0 Å². The van der Waals surface area contributed by atoms with Crippen LogP contribution in [0.4, 0.5) is 8.78 Å². The molecule has 2 aromatic carbocycles. The van der Waals surface area contributed by atoms with Crippen molar-refractivity contribution in [2.24, 2.45) is 5.92 Å². The van der Waals surface area contributed by atoms with Crippen LogP contribution in [0.3, 0.4) is 0 Å². The molecule has 2 aromatic rings. The molecule has 1 aliphatic carbocycles. The van der Waals surface area contributed by atoms with E-state index in [4.69, 9.17) is 30.5 Å². The molecule has 0 spiro atoms. The number of carbonyl (C=O) groups excluding carboxylic acids is 1. The fourth-order valence-corrected chi connectivity index (χ4v) is 5.23. The first-order chi connectivity index (χ1) is 16.3. The predicted molar refractivity (Wildman–Crippen MR) is 121 cm³/mol. The van der Waals surface area contributed by atoms with Gasteiger partial charge in [0.15, 0.2) is 11.5 Å². The molecular weight excluding hydrogens is 468 g/mol. The number of alkyl halides is 2. The molecule has 2 saturated heterocycles. The van der Waals surface area contributed by atoms with Gasteiger partial charge in [0.1, 0.15) is 18.5 Å². The summed E-state index contributed by atoms with van der Waals surface area (Å²) in [5, 5.41) is 0.625. The van der Waals surface area contributed by atoms with Gasteiger partial charge in [-0.25, -0.2) is 8.78 Å². The molecule has 1 saturated carbocycles. The van der Waals surface area contributed by atoms with Gasteiger partial charge in [0.2, 0.25) is 5.92 Å². The third kappa shape index (κ3) is 4.34. The summed E-state index contributed by atoms with van der Waals surface area (Å²) in [5.41, 5.74) is 0.769. The number of fused-ring (bicyclic) bond motifs is 1. The van der Waals surface area contributed by atoms with Crippen LogP contribution in [0.2, 0.25) is 5.02 Å². The molecule has 0 N–H and O–H groups in total. The van der Waals surface area contributed by atoms with Crippen LogP contribution in [0.1, 0.15) is 35.2 Å². The van der Waals surface area contributed by atoms with E-state index in [9.17, 15) is 13.6 Å². The molecule has 0 aromatic heterocycles. The van der Waals surface area contributed by atoms with Crippen LogP contribution in [0, 0.1) is 5.92 Å². The highest BCUT2D eigenvalue weighted by Crippen LogP contribution is 2.44. The smallest absolute Gasteiger partial charge is 0.254 e. The Morgan fingerprint density at radius 3 is 2.76 bits per heavy atom. The molecular formula is C25H26ClF2NO5. The largest absolute Gasteiger partial charge is 0.493 e. The topological polar surface area (TPSA) is 57.2 Å². The van der Waals surface area contributed by atoms with Crippen LogP contribution in [-0.4, -0.2) is 56.4 Å². The number of piperidine rings is 1. The summed E-state index contributed by atoms with van der Waals surface area (Å²) in [4.78, 5) is 15.0. The van der Waals surface area contributed by atoms with Crippen LogP contribution in [0.5, 0.6) is 11.5 Å². The second kappa shape index (κ2) is 8.98. The maximum absolute atomic E-state index is 13.3. The van der Waals surface area contributed by atoms with Gasteiger partial charge in [-0.1, -0.05) is 23.7 Å². The minimum Gasteiger partial charge on any atom is -0.493 e. The number of hydrogen-bond donors (Lipinski definition) is 0. The minimum atomic E-state index is -2.58. The van der Waals surface area contributed by atoms with E-state index in [1.807, 2.05) is 24.3 Å². The quantitative estimate of drug-likeness (QED) is 0.573. The lowest BCUT2D eigenvalue weighted by Gasteiger charge is -2.42. The molecule has 2 heterocycles. The number of benzene rings is 2. The summed E-state index contributed by atoms with van der Waals surface area (Å²) in [7, 11) is 1.48. The molecule has 2 atom stereocenters. The van der Waals surface area contributed by atoms with Gasteiger partial charge < -0.3 is 23.8 Å². The Morgan fingerprint density at radius 2 is 2.03 bits per heavy atom. The Hall–Kier alpha value is -2.42. The van der Waals surface area contributed by atoms with Crippen molar-refractivity contribution >= 4 is 17.5 Å². The highest BCUT2D eigenvalue weighted by molar-refractivity contribution is 6.30. The Labute approximate surface area is 201 Å². The molecule has 9 heteroatoms. The van der Waals surface area contributed by atoms with Crippen molar-refractivity contribution < 1.29 is 32.5 Å². The van der Waals surface area contributed by atoms with Crippen LogP contribution in [0.25, 0.3) is 0 Å². The van der Waals surface area contributed by atoms with Crippen molar-refractivity contribution in [1.29, 1.82) is 0 Å². The Balaban J connectivity index is 1.27. The summed E-state index contributed by atoms with van der Waals surface area (Å²) < 4.78 is 49.1. The second-order valence-corrected chi connectivity index (χ2v) is 9.56. The molecule has 34 heavy (non-hydrogen) atoms. The van der Waals surface area contributed by atoms with Gasteiger partial charge in [0, 0.05) is 42.3 Å². The van der Waals surface area contributed by atoms with E-state index in [0.717, 1.165) is 5.56 Å². The predicted octanol–water partition coefficient (Wildman–Crippen LogP) is 4.89. The first-order valence-corrected chi connectivity index (χ1v) is 11.7. The molecule has 2 aliphatic heterocycles. The number of likely N-dealkylation sites (tertiary alicyclic amines) is 1. The third-order valence-electron chi connectivity index (χ3n) is 6.91. The maximum Gasteiger partial charge on any atom is 0.254 e. The average molecular weight is 494 g/mol. The summed E-state index contributed by atoms with van der Waals surface area (Å²) in [6, 6.07) is 12.5. The van der Waals surface area contributed by atoms with Crippen molar-refractivity contribution in [3.8, 4) is 11.5 Å². The van der Waals surface area contributed by atoms with E-state index < -0.39 is 11.5 Å². The van der Waals surface area contributed by atoms with E-state index in [1.54, 1.807) is 23.1 Å². The van der Waals surface area contributed by atoms with Gasteiger partial charge in [-0.15, -0.1) is 0 Å². The number of methoxy groups -OCH3 is 1. The summed E-state index contributed by atoms with van der Waals surface area (Å²) in [6.07, 6.45) is -0.0583. The number of rotatable bonds is 6. The van der Waals surface area contributed by atoms with Crippen molar-refractivity contribution in [1.82, 2.24) is 4.90 Å². The number of amides is 1. The lowest BCUT2D eigenvalue weighted by molar-refractivity contribution is -0.119. The average Bonchev–Trinajstić information content (AvgIpc) is 3.25. The Kier molecular flexibility index (Phi) is 6.16. The lowest BCUT2D eigenvalue weighted by atomic mass is 9.82. The number of halogens is 3. The molecule has 0 radical (unpaired) electrons. The molecule has 6 nitrogen and oxygen atoms in total. The molecule has 0 bridgehead atoms. The number of hydrogen-bond acceptors (Lipinski definition) is 5. The zero-order valence-electron chi connectivity index (χ0n) is 18.8. The molecule has 182 valence electrons. The first-order valence-electron chi connectivity index (χ1n) is 11.3. The van der Waals surface area contributed by atoms with Gasteiger partial charge in [0.25, 0.3) is 5.91 Å². The number of ether oxygens (including phenoxy) is 4. The monoisotopic (exact) mass is 493 g/mol. The molecule has 1 amide bonds. The van der Waals surface area contributed by atoms with Crippen molar-refractivity contribution in [2.45, 2.75) is 36.9 Å². The highest BCUT2D eigenvalue weighted by Gasteiger charge is 2.51. The first kappa shape index (κ1) is 23.3. The Bertz CT molecular complexity index is 1080.